The van der Waals surface area contributed by atoms with Crippen LogP contribution in [-0.4, -0.2) is 27.0 Å². The molecule has 70 valence electrons. The van der Waals surface area contributed by atoms with Crippen LogP contribution < -0.4 is 0 Å². The van der Waals surface area contributed by atoms with Crippen LogP contribution in [0.2, 0.25) is 0 Å². The van der Waals surface area contributed by atoms with Crippen molar-refractivity contribution in [3.05, 3.63) is 33.7 Å². The van der Waals surface area contributed by atoms with Crippen molar-refractivity contribution >= 4 is 5.78 Å². The summed E-state index contributed by atoms with van der Waals surface area (Å²) < 4.78 is 0. The fourth-order valence-electron chi connectivity index (χ4n) is 1.02. The molecule has 6 nitrogen and oxygen atoms in total. The molecule has 0 aromatic carbocycles. The maximum atomic E-state index is 10.9. The third-order valence-corrected chi connectivity index (χ3v) is 1.70. The predicted octanol–water partition coefficient (Wildman–Crippen LogP) is -0.0774. The van der Waals surface area contributed by atoms with Crippen LogP contribution in [0.4, 0.5) is 0 Å². The first-order chi connectivity index (χ1) is 6.06. The first-order valence-electron chi connectivity index (χ1n) is 3.48. The molecule has 1 rings (SSSR count). The molecule has 1 atom stereocenters. The topological polar surface area (TPSA) is 101 Å². The Kier molecular flexibility index (Phi) is 2.43. The monoisotopic (exact) mass is 185 g/mol. The summed E-state index contributed by atoms with van der Waals surface area (Å²) in [6.07, 6.45) is -0.376. The molecule has 13 heavy (non-hydrogen) atoms. The molecule has 0 radical (unpaired) electrons. The average Bonchev–Trinajstić information content (AvgIpc) is 2.03. The molecule has 0 saturated heterocycles. The summed E-state index contributed by atoms with van der Waals surface area (Å²) >= 11 is 0. The number of carbonyl (C=O) groups excluding carboxylic acids is 1. The van der Waals surface area contributed by atoms with E-state index in [1.54, 1.807) is 0 Å². The van der Waals surface area contributed by atoms with Crippen LogP contribution in [0.1, 0.15) is 6.42 Å². The highest BCUT2D eigenvalue weighted by molar-refractivity contribution is 5.99. The van der Waals surface area contributed by atoms with Gasteiger partial charge in [-0.1, -0.05) is 0 Å². The minimum absolute atomic E-state index is 0.156. The maximum absolute atomic E-state index is 10.9. The molecule has 2 N–H and O–H groups in total. The van der Waals surface area contributed by atoms with Crippen LogP contribution in [-0.2, 0) is 4.79 Å². The van der Waals surface area contributed by atoms with Crippen LogP contribution in [0.5, 0.6) is 0 Å². The highest BCUT2D eigenvalue weighted by Crippen LogP contribution is 2.19. The van der Waals surface area contributed by atoms with E-state index in [0.717, 1.165) is 6.08 Å². The number of hydrogen-bond donors (Lipinski definition) is 2. The number of hydrogen-bond acceptors (Lipinski definition) is 5. The summed E-state index contributed by atoms with van der Waals surface area (Å²) in [6, 6.07) is 0. The van der Waals surface area contributed by atoms with Gasteiger partial charge >= 0.3 is 0 Å². The zero-order valence-electron chi connectivity index (χ0n) is 6.51. The zero-order chi connectivity index (χ0) is 10.0. The van der Waals surface area contributed by atoms with Crippen molar-refractivity contribution in [3.8, 4) is 0 Å². The van der Waals surface area contributed by atoms with Crippen molar-refractivity contribution in [1.82, 2.24) is 0 Å². The highest BCUT2D eigenvalue weighted by Gasteiger charge is 2.31. The summed E-state index contributed by atoms with van der Waals surface area (Å²) in [5.74, 6) is -0.513. The van der Waals surface area contributed by atoms with E-state index in [1.807, 2.05) is 0 Å². The van der Waals surface area contributed by atoms with Crippen LogP contribution in [0.3, 0.4) is 0 Å². The second-order valence-electron chi connectivity index (χ2n) is 2.55. The van der Waals surface area contributed by atoms with Gasteiger partial charge < -0.3 is 10.2 Å². The van der Waals surface area contributed by atoms with E-state index in [4.69, 9.17) is 10.2 Å². The number of carbonyl (C=O) groups is 1. The molecule has 1 aliphatic carbocycles. The van der Waals surface area contributed by atoms with E-state index in [9.17, 15) is 14.9 Å². The lowest BCUT2D eigenvalue weighted by molar-refractivity contribution is -0.436. The normalized spacial score (nSPS) is 25.9. The maximum Gasteiger partial charge on any atom is 0.275 e. The van der Waals surface area contributed by atoms with Crippen LogP contribution in [0.25, 0.3) is 0 Å². The molecule has 0 spiro atoms. The third-order valence-electron chi connectivity index (χ3n) is 1.70. The summed E-state index contributed by atoms with van der Waals surface area (Å²) in [6.45, 7) is 0. The van der Waals surface area contributed by atoms with Crippen LogP contribution >= 0.6 is 0 Å². The van der Waals surface area contributed by atoms with Crippen molar-refractivity contribution in [3.63, 3.8) is 0 Å². The number of aliphatic hydroxyl groups is 2. The van der Waals surface area contributed by atoms with Gasteiger partial charge in [0.05, 0.1) is 16.8 Å². The van der Waals surface area contributed by atoms with E-state index >= 15 is 0 Å². The van der Waals surface area contributed by atoms with Crippen molar-refractivity contribution in [2.24, 2.45) is 0 Å². The molecule has 0 aromatic rings. The Morgan fingerprint density at radius 1 is 1.69 bits per heavy atom. The van der Waals surface area contributed by atoms with E-state index in [2.05, 4.69) is 0 Å². The lowest BCUT2D eigenvalue weighted by Crippen LogP contribution is -2.26. The molecule has 0 heterocycles. The second-order valence-corrected chi connectivity index (χ2v) is 2.55. The van der Waals surface area contributed by atoms with Crippen molar-refractivity contribution in [2.45, 2.75) is 12.5 Å². The van der Waals surface area contributed by atoms with E-state index in [-0.39, 0.29) is 12.0 Å². The largest absolute Gasteiger partial charge is 0.515 e. The lowest BCUT2D eigenvalue weighted by Gasteiger charge is -2.12. The van der Waals surface area contributed by atoms with Crippen molar-refractivity contribution in [1.29, 1.82) is 0 Å². The van der Waals surface area contributed by atoms with Gasteiger partial charge in [0.25, 0.3) is 5.70 Å². The Morgan fingerprint density at radius 2 is 2.31 bits per heavy atom. The van der Waals surface area contributed by atoms with Gasteiger partial charge in [0.15, 0.2) is 11.9 Å². The molecular weight excluding hydrogens is 178 g/mol. The van der Waals surface area contributed by atoms with Gasteiger partial charge in [-0.05, 0) is 0 Å². The Balaban J connectivity index is 3.08. The fraction of sp³-hybridized carbons (Fsp3) is 0.286. The molecule has 0 saturated carbocycles. The van der Waals surface area contributed by atoms with Gasteiger partial charge in [0.1, 0.15) is 0 Å². The lowest BCUT2D eigenvalue weighted by atomic mass is 9.97. The number of rotatable bonds is 1. The van der Waals surface area contributed by atoms with Crippen LogP contribution in [0, 0.1) is 10.1 Å². The minimum Gasteiger partial charge on any atom is -0.515 e. The number of nitro groups is 1. The molecule has 1 aliphatic rings. The number of aliphatic hydroxyl groups excluding tert-OH is 2. The standard InChI is InChI=1S/C7H7NO5/c9-3-4-1-5(8(12)13)7(11)2-6(4)10/h1,3,7,9,11H,2H2. The van der Waals surface area contributed by atoms with Crippen LogP contribution in [0.15, 0.2) is 23.6 Å². The molecule has 0 fully saturated rings. The minimum atomic E-state index is -1.38. The van der Waals surface area contributed by atoms with E-state index in [0.29, 0.717) is 6.26 Å². The first kappa shape index (κ1) is 9.40. The van der Waals surface area contributed by atoms with Gasteiger partial charge in [0.2, 0.25) is 0 Å². The zero-order valence-corrected chi connectivity index (χ0v) is 6.51. The SMILES string of the molecule is O=C1CC(O)C([N+](=O)[O-])=CC1=CO. The number of ketones is 1. The molecule has 6 heteroatoms. The highest BCUT2D eigenvalue weighted by atomic mass is 16.6. The molecule has 0 aromatic heterocycles. The summed E-state index contributed by atoms with van der Waals surface area (Å²) in [7, 11) is 0. The Morgan fingerprint density at radius 3 is 2.77 bits per heavy atom. The summed E-state index contributed by atoms with van der Waals surface area (Å²) in [5.41, 5.74) is -0.628. The molecule has 0 amide bonds. The Bertz CT molecular complexity index is 317. The van der Waals surface area contributed by atoms with Gasteiger partial charge in [0, 0.05) is 12.5 Å². The van der Waals surface area contributed by atoms with Gasteiger partial charge in [-0.2, -0.15) is 0 Å². The van der Waals surface area contributed by atoms with E-state index in [1.165, 1.54) is 0 Å². The van der Waals surface area contributed by atoms with Gasteiger partial charge in [-0.25, -0.2) is 0 Å². The predicted molar refractivity (Wildman–Crippen MR) is 41.4 cm³/mol. The Labute approximate surface area is 72.9 Å². The fourth-order valence-corrected chi connectivity index (χ4v) is 1.02. The smallest absolute Gasteiger partial charge is 0.275 e. The number of allylic oxidation sites excluding steroid dienone is 2. The summed E-state index contributed by atoms with van der Waals surface area (Å²) in [4.78, 5) is 20.5. The number of Topliss-reactive ketones (excluding diaryl/α,β-unsaturated/α-hetero) is 1. The number of nitrogens with zero attached hydrogens (tertiary/aromatic N) is 1. The molecule has 1 unspecified atom stereocenters. The van der Waals surface area contributed by atoms with Gasteiger partial charge in [-0.3, -0.25) is 14.9 Å². The molecular formula is C7H7NO5. The quantitative estimate of drug-likeness (QED) is 0.257. The van der Waals surface area contributed by atoms with E-state index < -0.39 is 22.5 Å². The average molecular weight is 185 g/mol. The molecule has 0 bridgehead atoms. The van der Waals surface area contributed by atoms with Crippen molar-refractivity contribution in [2.75, 3.05) is 0 Å². The second kappa shape index (κ2) is 3.36. The third kappa shape index (κ3) is 1.73. The molecule has 0 aliphatic heterocycles. The summed E-state index contributed by atoms with van der Waals surface area (Å²) in [5, 5.41) is 27.9. The Hall–Kier alpha value is -1.69. The first-order valence-corrected chi connectivity index (χ1v) is 3.48. The van der Waals surface area contributed by atoms with Gasteiger partial charge in [-0.15, -0.1) is 0 Å². The van der Waals surface area contributed by atoms with Crippen molar-refractivity contribution < 1.29 is 19.9 Å².